The molecule has 0 atom stereocenters. The molecule has 0 aromatic heterocycles. The van der Waals surface area contributed by atoms with Gasteiger partial charge in [-0.3, -0.25) is 0 Å². The molecule has 1 fully saturated rings. The van der Waals surface area contributed by atoms with Crippen molar-refractivity contribution in [2.24, 2.45) is 10.9 Å². The average Bonchev–Trinajstić information content (AvgIpc) is 2.80. The van der Waals surface area contributed by atoms with Gasteiger partial charge >= 0.3 is 0 Å². The number of hydrogen-bond donors (Lipinski definition) is 0. The molecule has 0 spiro atoms. The van der Waals surface area contributed by atoms with Gasteiger partial charge < -0.3 is 4.74 Å². The highest BCUT2D eigenvalue weighted by Gasteiger charge is 2.28. The summed E-state index contributed by atoms with van der Waals surface area (Å²) < 4.78 is 5.27. The second-order valence-electron chi connectivity index (χ2n) is 2.52. The Hall–Kier alpha value is -1.04. The molecule has 3 heteroatoms. The van der Waals surface area contributed by atoms with Gasteiger partial charge in [-0.1, -0.05) is 0 Å². The highest BCUT2D eigenvalue weighted by molar-refractivity contribution is 5.81. The monoisotopic (exact) mass is 152 g/mol. The van der Waals surface area contributed by atoms with Crippen LogP contribution < -0.4 is 0 Å². The first-order valence-corrected chi connectivity index (χ1v) is 3.92. The molecule has 0 radical (unpaired) electrons. The number of nitrogens with zero attached hydrogens (tertiary/aromatic N) is 2. The minimum atomic E-state index is 0.228. The van der Waals surface area contributed by atoms with Crippen molar-refractivity contribution in [1.29, 1.82) is 5.26 Å². The molecule has 0 N–H and O–H groups in total. The Kier molecular flexibility index (Phi) is 2.91. The molecule has 0 unspecified atom stereocenters. The van der Waals surface area contributed by atoms with E-state index in [4.69, 9.17) is 10.00 Å². The summed E-state index contributed by atoms with van der Waals surface area (Å²) >= 11 is 0. The summed E-state index contributed by atoms with van der Waals surface area (Å²) in [6.45, 7) is 2.82. The zero-order valence-corrected chi connectivity index (χ0v) is 6.71. The average molecular weight is 152 g/mol. The lowest BCUT2D eigenvalue weighted by atomic mass is 10.4. The van der Waals surface area contributed by atoms with Crippen molar-refractivity contribution >= 4 is 5.90 Å². The molecule has 11 heavy (non-hydrogen) atoms. The molecule has 0 bridgehead atoms. The first kappa shape index (κ1) is 8.06. The summed E-state index contributed by atoms with van der Waals surface area (Å²) in [6, 6.07) is 1.97. The summed E-state index contributed by atoms with van der Waals surface area (Å²) in [5.74, 6) is 1.30. The first-order valence-electron chi connectivity index (χ1n) is 3.92. The standard InChI is InChI=1S/C8H12N2O/c1-2-11-8(7-3-4-7)10-6-5-9/h7H,2-4,6H2,1H3. The Morgan fingerprint density at radius 1 is 1.73 bits per heavy atom. The van der Waals surface area contributed by atoms with E-state index in [0.29, 0.717) is 12.5 Å². The van der Waals surface area contributed by atoms with E-state index in [2.05, 4.69) is 4.99 Å². The van der Waals surface area contributed by atoms with Crippen LogP contribution in [0.5, 0.6) is 0 Å². The van der Waals surface area contributed by atoms with Crippen LogP contribution in [0.3, 0.4) is 0 Å². The predicted molar refractivity (Wildman–Crippen MR) is 42.3 cm³/mol. The quantitative estimate of drug-likeness (QED) is 0.348. The Morgan fingerprint density at radius 3 is 2.91 bits per heavy atom. The van der Waals surface area contributed by atoms with Crippen molar-refractivity contribution in [3.05, 3.63) is 0 Å². The molecule has 0 amide bonds. The maximum Gasteiger partial charge on any atom is 0.187 e. The molecule has 1 rings (SSSR count). The number of hydrogen-bond acceptors (Lipinski definition) is 3. The van der Waals surface area contributed by atoms with Crippen LogP contribution in [0.25, 0.3) is 0 Å². The smallest absolute Gasteiger partial charge is 0.187 e. The molecule has 0 aliphatic heterocycles. The maximum atomic E-state index is 8.27. The molecule has 1 aliphatic rings. The second kappa shape index (κ2) is 3.97. The number of aliphatic imine (C=N–C) groups is 1. The normalized spacial score (nSPS) is 17.6. The molecular formula is C8H12N2O. The fraction of sp³-hybridized carbons (Fsp3) is 0.750. The Labute approximate surface area is 66.7 Å². The van der Waals surface area contributed by atoms with E-state index in [-0.39, 0.29) is 6.54 Å². The molecule has 0 aromatic rings. The summed E-state index contributed by atoms with van der Waals surface area (Å²) in [7, 11) is 0. The zero-order chi connectivity index (χ0) is 8.10. The summed E-state index contributed by atoms with van der Waals surface area (Å²) in [5, 5.41) is 8.27. The molecule has 1 aliphatic carbocycles. The lowest BCUT2D eigenvalue weighted by Crippen LogP contribution is -2.07. The second-order valence-corrected chi connectivity index (χ2v) is 2.52. The van der Waals surface area contributed by atoms with Crippen LogP contribution in [0, 0.1) is 17.2 Å². The fourth-order valence-electron chi connectivity index (χ4n) is 0.884. The van der Waals surface area contributed by atoms with Crippen LogP contribution in [0.1, 0.15) is 19.8 Å². The van der Waals surface area contributed by atoms with E-state index < -0.39 is 0 Å². The van der Waals surface area contributed by atoms with E-state index in [1.165, 1.54) is 12.8 Å². The predicted octanol–water partition coefficient (Wildman–Crippen LogP) is 1.35. The van der Waals surface area contributed by atoms with Crippen LogP contribution in [-0.2, 0) is 4.74 Å². The SMILES string of the molecule is CCOC(=NCC#N)C1CC1. The van der Waals surface area contributed by atoms with Gasteiger partial charge in [0.25, 0.3) is 0 Å². The van der Waals surface area contributed by atoms with Crippen molar-refractivity contribution in [1.82, 2.24) is 0 Å². The fourth-order valence-corrected chi connectivity index (χ4v) is 0.884. The highest BCUT2D eigenvalue weighted by atomic mass is 16.5. The van der Waals surface area contributed by atoms with Crippen molar-refractivity contribution in [2.75, 3.05) is 13.2 Å². The van der Waals surface area contributed by atoms with Gasteiger partial charge in [0.1, 0.15) is 6.54 Å². The van der Waals surface area contributed by atoms with Gasteiger partial charge in [0, 0.05) is 5.92 Å². The van der Waals surface area contributed by atoms with Gasteiger partial charge in [-0.05, 0) is 19.8 Å². The van der Waals surface area contributed by atoms with Crippen molar-refractivity contribution < 1.29 is 4.74 Å². The minimum Gasteiger partial charge on any atom is -0.481 e. The maximum absolute atomic E-state index is 8.27. The third-order valence-corrected chi connectivity index (χ3v) is 1.52. The Bertz CT molecular complexity index is 189. The molecular weight excluding hydrogens is 140 g/mol. The van der Waals surface area contributed by atoms with Gasteiger partial charge in [0.15, 0.2) is 5.90 Å². The van der Waals surface area contributed by atoms with Gasteiger partial charge in [-0.2, -0.15) is 5.26 Å². The van der Waals surface area contributed by atoms with Crippen LogP contribution in [0.15, 0.2) is 4.99 Å². The molecule has 1 saturated carbocycles. The van der Waals surface area contributed by atoms with E-state index >= 15 is 0 Å². The molecule has 0 aromatic carbocycles. The highest BCUT2D eigenvalue weighted by Crippen LogP contribution is 2.30. The Balaban J connectivity index is 2.38. The summed E-state index contributed by atoms with van der Waals surface area (Å²) in [4.78, 5) is 4.03. The minimum absolute atomic E-state index is 0.228. The van der Waals surface area contributed by atoms with Crippen LogP contribution in [0.2, 0.25) is 0 Å². The van der Waals surface area contributed by atoms with E-state index in [1.807, 2.05) is 13.0 Å². The third-order valence-electron chi connectivity index (χ3n) is 1.52. The summed E-state index contributed by atoms with van der Waals surface area (Å²) in [5.41, 5.74) is 0. The molecule has 0 saturated heterocycles. The van der Waals surface area contributed by atoms with Gasteiger partial charge in [0.2, 0.25) is 0 Å². The van der Waals surface area contributed by atoms with Gasteiger partial charge in [-0.25, -0.2) is 4.99 Å². The van der Waals surface area contributed by atoms with Crippen molar-refractivity contribution in [2.45, 2.75) is 19.8 Å². The number of rotatable bonds is 3. The zero-order valence-electron chi connectivity index (χ0n) is 6.71. The number of nitriles is 1. The largest absolute Gasteiger partial charge is 0.481 e. The number of ether oxygens (including phenoxy) is 1. The first-order chi connectivity index (χ1) is 5.38. The molecule has 0 heterocycles. The van der Waals surface area contributed by atoms with Crippen LogP contribution >= 0.6 is 0 Å². The van der Waals surface area contributed by atoms with E-state index in [9.17, 15) is 0 Å². The topological polar surface area (TPSA) is 45.4 Å². The Morgan fingerprint density at radius 2 is 2.45 bits per heavy atom. The van der Waals surface area contributed by atoms with Gasteiger partial charge in [-0.15, -0.1) is 0 Å². The lowest BCUT2D eigenvalue weighted by Gasteiger charge is -2.03. The third kappa shape index (κ3) is 2.58. The van der Waals surface area contributed by atoms with Crippen molar-refractivity contribution in [3.8, 4) is 6.07 Å². The van der Waals surface area contributed by atoms with Crippen molar-refractivity contribution in [3.63, 3.8) is 0 Å². The molecule has 60 valence electrons. The van der Waals surface area contributed by atoms with Gasteiger partial charge in [0.05, 0.1) is 12.7 Å². The van der Waals surface area contributed by atoms with Crippen LogP contribution in [0.4, 0.5) is 0 Å². The molecule has 3 nitrogen and oxygen atoms in total. The van der Waals surface area contributed by atoms with E-state index in [1.54, 1.807) is 0 Å². The lowest BCUT2D eigenvalue weighted by molar-refractivity contribution is 0.313. The van der Waals surface area contributed by atoms with Crippen LogP contribution in [-0.4, -0.2) is 19.0 Å². The summed E-state index contributed by atoms with van der Waals surface area (Å²) in [6.07, 6.45) is 2.34. The van der Waals surface area contributed by atoms with E-state index in [0.717, 1.165) is 5.90 Å².